The van der Waals surface area contributed by atoms with Crippen molar-refractivity contribution in [3.8, 4) is 5.75 Å². The zero-order valence-corrected chi connectivity index (χ0v) is 16.3. The van der Waals surface area contributed by atoms with Crippen LogP contribution in [-0.2, 0) is 0 Å². The van der Waals surface area contributed by atoms with Crippen LogP contribution in [0, 0.1) is 5.92 Å². The number of ether oxygens (including phenoxy) is 1. The Morgan fingerprint density at radius 1 is 1.29 bits per heavy atom. The maximum absolute atomic E-state index is 12.5. The highest BCUT2D eigenvalue weighted by Gasteiger charge is 2.25. The van der Waals surface area contributed by atoms with E-state index in [4.69, 9.17) is 4.74 Å². The molecule has 8 nitrogen and oxygen atoms in total. The minimum absolute atomic E-state index is 0.143. The molecule has 4 rings (SSSR count). The van der Waals surface area contributed by atoms with Gasteiger partial charge in [0.25, 0.3) is 5.91 Å². The number of methoxy groups -OCH3 is 1. The molecule has 1 atom stereocenters. The van der Waals surface area contributed by atoms with Crippen molar-refractivity contribution in [3.63, 3.8) is 0 Å². The van der Waals surface area contributed by atoms with Crippen LogP contribution in [0.2, 0.25) is 0 Å². The van der Waals surface area contributed by atoms with Crippen LogP contribution in [0.4, 0.5) is 5.69 Å². The molecule has 0 radical (unpaired) electrons. The van der Waals surface area contributed by atoms with Crippen LogP contribution in [0.15, 0.2) is 30.5 Å². The van der Waals surface area contributed by atoms with Gasteiger partial charge in [0, 0.05) is 19.6 Å². The Morgan fingerprint density at radius 2 is 2.11 bits per heavy atom. The first-order valence-electron chi connectivity index (χ1n) is 10.0. The molecule has 0 spiro atoms. The van der Waals surface area contributed by atoms with Crippen molar-refractivity contribution in [2.75, 3.05) is 44.7 Å². The van der Waals surface area contributed by atoms with Crippen molar-refractivity contribution in [1.82, 2.24) is 25.6 Å². The SMILES string of the molecule is COc1ccccc1N1CCC(CNC(=O)c2cn(C3CCNCC3)nn2)C1. The molecule has 1 amide bonds. The number of carbonyl (C=O) groups is 1. The van der Waals surface area contributed by atoms with Gasteiger partial charge in [0.1, 0.15) is 5.75 Å². The minimum atomic E-state index is -0.143. The van der Waals surface area contributed by atoms with Crippen molar-refractivity contribution in [2.45, 2.75) is 25.3 Å². The van der Waals surface area contributed by atoms with Gasteiger partial charge in [0.15, 0.2) is 5.69 Å². The van der Waals surface area contributed by atoms with Crippen LogP contribution >= 0.6 is 0 Å². The first kappa shape index (κ1) is 18.7. The molecular weight excluding hydrogens is 356 g/mol. The van der Waals surface area contributed by atoms with Crippen molar-refractivity contribution < 1.29 is 9.53 Å². The Kier molecular flexibility index (Phi) is 5.76. The quantitative estimate of drug-likeness (QED) is 0.785. The molecule has 3 heterocycles. The van der Waals surface area contributed by atoms with Crippen LogP contribution in [0.25, 0.3) is 0 Å². The van der Waals surface area contributed by atoms with Crippen molar-refractivity contribution in [2.24, 2.45) is 5.92 Å². The van der Waals surface area contributed by atoms with Gasteiger partial charge >= 0.3 is 0 Å². The lowest BCUT2D eigenvalue weighted by atomic mass is 10.1. The van der Waals surface area contributed by atoms with Gasteiger partial charge in [-0.15, -0.1) is 5.10 Å². The first-order chi connectivity index (χ1) is 13.7. The summed E-state index contributed by atoms with van der Waals surface area (Å²) >= 11 is 0. The second kappa shape index (κ2) is 8.60. The standard InChI is InChI=1S/C20H28N6O2/c1-28-19-5-3-2-4-18(19)25-11-8-15(13-25)12-22-20(27)17-14-26(24-23-17)16-6-9-21-10-7-16/h2-5,14-16,21H,6-13H2,1H3,(H,22,27). The van der Waals surface area contributed by atoms with Gasteiger partial charge in [-0.05, 0) is 50.4 Å². The summed E-state index contributed by atoms with van der Waals surface area (Å²) < 4.78 is 7.31. The summed E-state index contributed by atoms with van der Waals surface area (Å²) in [7, 11) is 1.70. The van der Waals surface area contributed by atoms with E-state index in [-0.39, 0.29) is 5.91 Å². The summed E-state index contributed by atoms with van der Waals surface area (Å²) in [5, 5.41) is 14.6. The van der Waals surface area contributed by atoms with Gasteiger partial charge in [-0.1, -0.05) is 17.3 Å². The number of para-hydroxylation sites is 2. The number of piperidine rings is 1. The third kappa shape index (κ3) is 4.11. The zero-order chi connectivity index (χ0) is 19.3. The van der Waals surface area contributed by atoms with E-state index < -0.39 is 0 Å². The number of hydrogen-bond acceptors (Lipinski definition) is 6. The number of nitrogens with one attached hydrogen (secondary N) is 2. The summed E-state index contributed by atoms with van der Waals surface area (Å²) in [5.41, 5.74) is 1.52. The van der Waals surface area contributed by atoms with E-state index >= 15 is 0 Å². The molecule has 2 saturated heterocycles. The predicted octanol–water partition coefficient (Wildman–Crippen LogP) is 1.47. The molecule has 0 saturated carbocycles. The minimum Gasteiger partial charge on any atom is -0.495 e. The molecule has 8 heteroatoms. The average Bonchev–Trinajstić information content (AvgIpc) is 3.43. The molecule has 2 fully saturated rings. The molecule has 1 aromatic carbocycles. The molecule has 2 aliphatic rings. The normalized spacial score (nSPS) is 20.3. The molecule has 0 aliphatic carbocycles. The summed E-state index contributed by atoms with van der Waals surface area (Å²) in [6.45, 7) is 4.48. The van der Waals surface area contributed by atoms with E-state index in [9.17, 15) is 4.79 Å². The Labute approximate surface area is 165 Å². The molecule has 150 valence electrons. The van der Waals surface area contributed by atoms with Crippen molar-refractivity contribution >= 4 is 11.6 Å². The Bertz CT molecular complexity index is 801. The van der Waals surface area contributed by atoms with Gasteiger partial charge in [-0.25, -0.2) is 4.68 Å². The molecule has 0 bridgehead atoms. The maximum Gasteiger partial charge on any atom is 0.273 e. The Morgan fingerprint density at radius 3 is 2.93 bits per heavy atom. The molecule has 2 aromatic rings. The lowest BCUT2D eigenvalue weighted by Crippen LogP contribution is -2.31. The number of nitrogens with zero attached hydrogens (tertiary/aromatic N) is 4. The fourth-order valence-electron chi connectivity index (χ4n) is 4.07. The zero-order valence-electron chi connectivity index (χ0n) is 16.3. The lowest BCUT2D eigenvalue weighted by Gasteiger charge is -2.22. The number of hydrogen-bond donors (Lipinski definition) is 2. The topological polar surface area (TPSA) is 84.3 Å². The molecule has 1 aromatic heterocycles. The average molecular weight is 384 g/mol. The number of amides is 1. The smallest absolute Gasteiger partial charge is 0.273 e. The van der Waals surface area contributed by atoms with E-state index in [1.54, 1.807) is 13.3 Å². The highest BCUT2D eigenvalue weighted by Crippen LogP contribution is 2.31. The van der Waals surface area contributed by atoms with Crippen LogP contribution < -0.4 is 20.3 Å². The van der Waals surface area contributed by atoms with Crippen molar-refractivity contribution in [1.29, 1.82) is 0 Å². The fourth-order valence-corrected chi connectivity index (χ4v) is 4.07. The van der Waals surface area contributed by atoms with Crippen LogP contribution in [0.1, 0.15) is 35.8 Å². The maximum atomic E-state index is 12.5. The number of rotatable bonds is 6. The van der Waals surface area contributed by atoms with Gasteiger partial charge in [-0.2, -0.15) is 0 Å². The Balaban J connectivity index is 1.29. The highest BCUT2D eigenvalue weighted by molar-refractivity contribution is 5.91. The molecule has 2 aliphatic heterocycles. The highest BCUT2D eigenvalue weighted by atomic mass is 16.5. The molecular formula is C20H28N6O2. The van der Waals surface area contributed by atoms with E-state index in [1.165, 1.54) is 0 Å². The molecule has 1 unspecified atom stereocenters. The van der Waals surface area contributed by atoms with Gasteiger partial charge < -0.3 is 20.3 Å². The number of benzene rings is 1. The van der Waals surface area contributed by atoms with Gasteiger partial charge in [0.2, 0.25) is 0 Å². The lowest BCUT2D eigenvalue weighted by molar-refractivity contribution is 0.0943. The molecule has 28 heavy (non-hydrogen) atoms. The second-order valence-corrected chi connectivity index (χ2v) is 7.55. The van der Waals surface area contributed by atoms with Crippen LogP contribution in [-0.4, -0.2) is 60.7 Å². The van der Waals surface area contributed by atoms with Crippen molar-refractivity contribution in [3.05, 3.63) is 36.2 Å². The molecule has 2 N–H and O–H groups in total. The van der Waals surface area contributed by atoms with E-state index in [2.05, 4.69) is 31.9 Å². The first-order valence-corrected chi connectivity index (χ1v) is 10.0. The number of aromatic nitrogens is 3. The summed E-state index contributed by atoms with van der Waals surface area (Å²) in [5.74, 6) is 1.16. The third-order valence-electron chi connectivity index (χ3n) is 5.69. The number of carbonyl (C=O) groups excluding carboxylic acids is 1. The summed E-state index contributed by atoms with van der Waals surface area (Å²) in [6, 6.07) is 8.40. The summed E-state index contributed by atoms with van der Waals surface area (Å²) in [6.07, 6.45) is 4.86. The Hall–Kier alpha value is -2.61. The largest absolute Gasteiger partial charge is 0.495 e. The van der Waals surface area contributed by atoms with Gasteiger partial charge in [-0.3, -0.25) is 4.79 Å². The predicted molar refractivity (Wildman–Crippen MR) is 107 cm³/mol. The second-order valence-electron chi connectivity index (χ2n) is 7.55. The van der Waals surface area contributed by atoms with E-state index in [1.807, 2.05) is 22.9 Å². The van der Waals surface area contributed by atoms with E-state index in [0.29, 0.717) is 24.2 Å². The van der Waals surface area contributed by atoms with Crippen LogP contribution in [0.3, 0.4) is 0 Å². The monoisotopic (exact) mass is 384 g/mol. The number of anilines is 1. The summed E-state index contributed by atoms with van der Waals surface area (Å²) in [4.78, 5) is 14.8. The fraction of sp³-hybridized carbons (Fsp3) is 0.550. The third-order valence-corrected chi connectivity index (χ3v) is 5.69. The van der Waals surface area contributed by atoms with Crippen LogP contribution in [0.5, 0.6) is 5.75 Å². The van der Waals surface area contributed by atoms with Gasteiger partial charge in [0.05, 0.1) is 25.0 Å². The van der Waals surface area contributed by atoms with E-state index in [0.717, 1.165) is 56.9 Å².